The summed E-state index contributed by atoms with van der Waals surface area (Å²) < 4.78 is 11.5. The standard InChI is InChI=1S/C17H19ClO2/c1-3-13(2)19-15-8-10-17(11-9-15)20-16-6-4-14(12-18)5-7-16/h4-11,13H,3,12H2,1-2H3. The third-order valence-corrected chi connectivity index (χ3v) is 3.36. The molecule has 0 N–H and O–H groups in total. The Labute approximate surface area is 125 Å². The van der Waals surface area contributed by atoms with Crippen LogP contribution in [0.1, 0.15) is 25.8 Å². The van der Waals surface area contributed by atoms with Crippen LogP contribution in [0.5, 0.6) is 17.2 Å². The normalized spacial score (nSPS) is 11.9. The molecule has 2 nitrogen and oxygen atoms in total. The monoisotopic (exact) mass is 290 g/mol. The number of hydrogen-bond acceptors (Lipinski definition) is 2. The molecule has 0 heterocycles. The average Bonchev–Trinajstić information content (AvgIpc) is 2.50. The lowest BCUT2D eigenvalue weighted by atomic mass is 10.2. The minimum absolute atomic E-state index is 0.227. The zero-order valence-electron chi connectivity index (χ0n) is 11.8. The smallest absolute Gasteiger partial charge is 0.127 e. The van der Waals surface area contributed by atoms with Gasteiger partial charge in [0.15, 0.2) is 0 Å². The van der Waals surface area contributed by atoms with Crippen LogP contribution in [0.15, 0.2) is 48.5 Å². The van der Waals surface area contributed by atoms with Crippen molar-refractivity contribution in [3.8, 4) is 17.2 Å². The minimum atomic E-state index is 0.227. The van der Waals surface area contributed by atoms with Crippen LogP contribution in [0.2, 0.25) is 0 Å². The number of rotatable bonds is 6. The van der Waals surface area contributed by atoms with Crippen LogP contribution < -0.4 is 9.47 Å². The van der Waals surface area contributed by atoms with E-state index in [1.165, 1.54) is 0 Å². The molecule has 1 unspecified atom stereocenters. The van der Waals surface area contributed by atoms with Gasteiger partial charge in [-0.15, -0.1) is 11.6 Å². The molecule has 0 fully saturated rings. The van der Waals surface area contributed by atoms with E-state index >= 15 is 0 Å². The molecule has 0 bridgehead atoms. The molecule has 0 saturated heterocycles. The summed E-state index contributed by atoms with van der Waals surface area (Å²) in [6.07, 6.45) is 1.22. The molecule has 2 aromatic rings. The van der Waals surface area contributed by atoms with E-state index in [1.807, 2.05) is 48.5 Å². The van der Waals surface area contributed by atoms with Crippen molar-refractivity contribution in [1.29, 1.82) is 0 Å². The van der Waals surface area contributed by atoms with Gasteiger partial charge in [-0.3, -0.25) is 0 Å². The lowest BCUT2D eigenvalue weighted by Gasteiger charge is -2.13. The van der Waals surface area contributed by atoms with E-state index in [9.17, 15) is 0 Å². The van der Waals surface area contributed by atoms with Gasteiger partial charge in [0, 0.05) is 5.88 Å². The molecule has 0 spiro atoms. The van der Waals surface area contributed by atoms with Gasteiger partial charge in [-0.1, -0.05) is 19.1 Å². The Hall–Kier alpha value is -1.67. The van der Waals surface area contributed by atoms with Crippen LogP contribution in [0.3, 0.4) is 0 Å². The second-order valence-electron chi connectivity index (χ2n) is 4.69. The molecule has 0 aliphatic heterocycles. The molecular weight excluding hydrogens is 272 g/mol. The highest BCUT2D eigenvalue weighted by Gasteiger charge is 2.02. The van der Waals surface area contributed by atoms with E-state index in [1.54, 1.807) is 0 Å². The fraction of sp³-hybridized carbons (Fsp3) is 0.294. The summed E-state index contributed by atoms with van der Waals surface area (Å²) in [6.45, 7) is 4.16. The summed E-state index contributed by atoms with van der Waals surface area (Å²) in [7, 11) is 0. The van der Waals surface area contributed by atoms with Crippen LogP contribution in [0.25, 0.3) is 0 Å². The Morgan fingerprint density at radius 2 is 1.40 bits per heavy atom. The Morgan fingerprint density at radius 3 is 1.90 bits per heavy atom. The second-order valence-corrected chi connectivity index (χ2v) is 4.96. The first-order valence-corrected chi connectivity index (χ1v) is 7.34. The first-order chi connectivity index (χ1) is 9.71. The van der Waals surface area contributed by atoms with Crippen molar-refractivity contribution in [3.05, 3.63) is 54.1 Å². The van der Waals surface area contributed by atoms with E-state index in [2.05, 4.69) is 13.8 Å². The summed E-state index contributed by atoms with van der Waals surface area (Å²) >= 11 is 5.76. The van der Waals surface area contributed by atoms with Crippen molar-refractivity contribution in [2.75, 3.05) is 0 Å². The zero-order valence-corrected chi connectivity index (χ0v) is 12.6. The molecule has 3 heteroatoms. The van der Waals surface area contributed by atoms with E-state index in [0.717, 1.165) is 29.2 Å². The Morgan fingerprint density at radius 1 is 0.900 bits per heavy atom. The molecule has 0 saturated carbocycles. The number of benzene rings is 2. The van der Waals surface area contributed by atoms with Crippen molar-refractivity contribution in [2.45, 2.75) is 32.3 Å². The zero-order chi connectivity index (χ0) is 14.4. The highest BCUT2D eigenvalue weighted by Crippen LogP contribution is 2.25. The van der Waals surface area contributed by atoms with Gasteiger partial charge in [-0.2, -0.15) is 0 Å². The molecule has 1 atom stereocenters. The highest BCUT2D eigenvalue weighted by molar-refractivity contribution is 6.17. The van der Waals surface area contributed by atoms with Crippen LogP contribution in [-0.4, -0.2) is 6.10 Å². The number of ether oxygens (including phenoxy) is 2. The Balaban J connectivity index is 1.99. The third-order valence-electron chi connectivity index (χ3n) is 3.05. The maximum Gasteiger partial charge on any atom is 0.127 e. The second kappa shape index (κ2) is 7.20. The minimum Gasteiger partial charge on any atom is -0.491 e. The number of hydrogen-bond donors (Lipinski definition) is 0. The molecular formula is C17H19ClO2. The quantitative estimate of drug-likeness (QED) is 0.664. The van der Waals surface area contributed by atoms with E-state index in [0.29, 0.717) is 5.88 Å². The van der Waals surface area contributed by atoms with Crippen LogP contribution in [0.4, 0.5) is 0 Å². The molecule has 0 aromatic heterocycles. The topological polar surface area (TPSA) is 18.5 Å². The first-order valence-electron chi connectivity index (χ1n) is 6.80. The predicted molar refractivity (Wildman–Crippen MR) is 82.9 cm³/mol. The third kappa shape index (κ3) is 4.17. The van der Waals surface area contributed by atoms with Gasteiger partial charge < -0.3 is 9.47 Å². The number of halogens is 1. The average molecular weight is 291 g/mol. The van der Waals surface area contributed by atoms with Gasteiger partial charge in [0.1, 0.15) is 17.2 Å². The molecule has 2 aromatic carbocycles. The molecule has 0 aliphatic carbocycles. The van der Waals surface area contributed by atoms with E-state index < -0.39 is 0 Å². The van der Waals surface area contributed by atoms with Gasteiger partial charge in [0.25, 0.3) is 0 Å². The van der Waals surface area contributed by atoms with Crippen LogP contribution in [-0.2, 0) is 5.88 Å². The lowest BCUT2D eigenvalue weighted by Crippen LogP contribution is -2.09. The molecule has 0 amide bonds. The molecule has 106 valence electrons. The van der Waals surface area contributed by atoms with Crippen molar-refractivity contribution in [3.63, 3.8) is 0 Å². The van der Waals surface area contributed by atoms with Gasteiger partial charge in [-0.05, 0) is 55.3 Å². The van der Waals surface area contributed by atoms with Crippen molar-refractivity contribution in [1.82, 2.24) is 0 Å². The summed E-state index contributed by atoms with van der Waals surface area (Å²) in [6, 6.07) is 15.4. The molecule has 0 aliphatic rings. The first kappa shape index (κ1) is 14.7. The number of alkyl halides is 1. The summed E-state index contributed by atoms with van der Waals surface area (Å²) in [5.41, 5.74) is 1.08. The SMILES string of the molecule is CCC(C)Oc1ccc(Oc2ccc(CCl)cc2)cc1. The van der Waals surface area contributed by atoms with Crippen molar-refractivity contribution in [2.24, 2.45) is 0 Å². The Bertz CT molecular complexity index is 520. The van der Waals surface area contributed by atoms with E-state index in [-0.39, 0.29) is 6.10 Å². The van der Waals surface area contributed by atoms with E-state index in [4.69, 9.17) is 21.1 Å². The van der Waals surface area contributed by atoms with Gasteiger partial charge in [0.05, 0.1) is 6.10 Å². The van der Waals surface area contributed by atoms with Crippen molar-refractivity contribution < 1.29 is 9.47 Å². The van der Waals surface area contributed by atoms with Crippen LogP contribution in [0, 0.1) is 0 Å². The largest absolute Gasteiger partial charge is 0.491 e. The summed E-state index contributed by atoms with van der Waals surface area (Å²) in [4.78, 5) is 0. The van der Waals surface area contributed by atoms with Gasteiger partial charge >= 0.3 is 0 Å². The van der Waals surface area contributed by atoms with Crippen LogP contribution >= 0.6 is 11.6 Å². The predicted octanol–water partition coefficient (Wildman–Crippen LogP) is 5.40. The molecule has 0 radical (unpaired) electrons. The fourth-order valence-electron chi connectivity index (χ4n) is 1.68. The molecule has 2 rings (SSSR count). The maximum absolute atomic E-state index is 5.77. The fourth-order valence-corrected chi connectivity index (χ4v) is 1.86. The summed E-state index contributed by atoms with van der Waals surface area (Å²) in [5.74, 6) is 2.97. The maximum atomic E-state index is 5.77. The Kier molecular flexibility index (Phi) is 5.31. The molecule has 20 heavy (non-hydrogen) atoms. The van der Waals surface area contributed by atoms with Gasteiger partial charge in [-0.25, -0.2) is 0 Å². The lowest BCUT2D eigenvalue weighted by molar-refractivity contribution is 0.217. The van der Waals surface area contributed by atoms with Gasteiger partial charge in [0.2, 0.25) is 0 Å². The highest BCUT2D eigenvalue weighted by atomic mass is 35.5. The van der Waals surface area contributed by atoms with Crippen molar-refractivity contribution >= 4 is 11.6 Å². The summed E-state index contributed by atoms with van der Waals surface area (Å²) in [5, 5.41) is 0.